The summed E-state index contributed by atoms with van der Waals surface area (Å²) in [6, 6.07) is 0. The predicted octanol–water partition coefficient (Wildman–Crippen LogP) is 1.67. The van der Waals surface area contributed by atoms with E-state index in [1.165, 1.54) is 15.6 Å². The molecule has 0 aliphatic rings. The van der Waals surface area contributed by atoms with Crippen LogP contribution in [0.3, 0.4) is 0 Å². The predicted molar refractivity (Wildman–Crippen MR) is 97.6 cm³/mol. The Morgan fingerprint density at radius 1 is 1.26 bits per heavy atom. The van der Waals surface area contributed by atoms with E-state index >= 15 is 0 Å². The molecule has 0 spiro atoms. The third-order valence-electron chi connectivity index (χ3n) is 3.75. The Kier molecular flexibility index (Phi) is 6.27. The summed E-state index contributed by atoms with van der Waals surface area (Å²) in [5.74, 6) is -0.902. The van der Waals surface area contributed by atoms with E-state index in [1.54, 1.807) is 6.92 Å². The van der Waals surface area contributed by atoms with Gasteiger partial charge in [-0.3, -0.25) is 29.1 Å². The van der Waals surface area contributed by atoms with Gasteiger partial charge >= 0.3 is 5.69 Å². The first-order chi connectivity index (χ1) is 12.8. The minimum absolute atomic E-state index is 0.0519. The van der Waals surface area contributed by atoms with E-state index in [0.29, 0.717) is 13.1 Å². The first-order valence-corrected chi connectivity index (χ1v) is 8.65. The fraction of sp³-hybridized carbons (Fsp3) is 0.500. The van der Waals surface area contributed by atoms with Crippen molar-refractivity contribution in [1.82, 2.24) is 24.9 Å². The molecule has 0 unspecified atom stereocenters. The van der Waals surface area contributed by atoms with Crippen LogP contribution in [0.15, 0.2) is 12.4 Å². The SMILES string of the molecule is CCn1cc(NC(=O)c2c([N+](=O)[O-])cnn2CC)c(C(=O)NCC(C)C)n1. The van der Waals surface area contributed by atoms with Crippen LogP contribution in [0, 0.1) is 16.0 Å². The highest BCUT2D eigenvalue weighted by molar-refractivity contribution is 6.09. The van der Waals surface area contributed by atoms with E-state index in [2.05, 4.69) is 20.8 Å². The molecule has 11 heteroatoms. The number of hydrogen-bond acceptors (Lipinski definition) is 6. The summed E-state index contributed by atoms with van der Waals surface area (Å²) < 4.78 is 2.74. The number of rotatable bonds is 8. The second kappa shape index (κ2) is 8.43. The number of nitrogens with one attached hydrogen (secondary N) is 2. The molecule has 0 aliphatic carbocycles. The molecule has 146 valence electrons. The average Bonchev–Trinajstić information content (AvgIpc) is 3.23. The Morgan fingerprint density at radius 3 is 2.52 bits per heavy atom. The average molecular weight is 377 g/mol. The Morgan fingerprint density at radius 2 is 1.96 bits per heavy atom. The van der Waals surface area contributed by atoms with Gasteiger partial charge in [-0.15, -0.1) is 0 Å². The van der Waals surface area contributed by atoms with E-state index in [0.717, 1.165) is 6.20 Å². The third-order valence-corrected chi connectivity index (χ3v) is 3.75. The highest BCUT2D eigenvalue weighted by Crippen LogP contribution is 2.21. The summed E-state index contributed by atoms with van der Waals surface area (Å²) in [6.45, 7) is 8.70. The molecule has 0 bridgehead atoms. The van der Waals surface area contributed by atoms with Gasteiger partial charge in [0.25, 0.3) is 11.8 Å². The molecule has 11 nitrogen and oxygen atoms in total. The Bertz CT molecular complexity index is 853. The van der Waals surface area contributed by atoms with Crippen LogP contribution in [0.2, 0.25) is 0 Å². The maximum Gasteiger partial charge on any atom is 0.320 e. The van der Waals surface area contributed by atoms with Crippen molar-refractivity contribution in [2.24, 2.45) is 5.92 Å². The van der Waals surface area contributed by atoms with Crippen molar-refractivity contribution in [2.45, 2.75) is 40.8 Å². The fourth-order valence-electron chi connectivity index (χ4n) is 2.39. The van der Waals surface area contributed by atoms with Crippen molar-refractivity contribution in [2.75, 3.05) is 11.9 Å². The van der Waals surface area contributed by atoms with Crippen LogP contribution < -0.4 is 10.6 Å². The van der Waals surface area contributed by atoms with Crippen LogP contribution in [-0.2, 0) is 13.1 Å². The van der Waals surface area contributed by atoms with Crippen LogP contribution in [0.1, 0.15) is 48.7 Å². The molecule has 0 saturated carbocycles. The number of carbonyl (C=O) groups excluding carboxylic acids is 2. The molecule has 0 fully saturated rings. The van der Waals surface area contributed by atoms with E-state index in [4.69, 9.17) is 0 Å². The molecule has 2 aromatic rings. The van der Waals surface area contributed by atoms with Gasteiger partial charge in [-0.05, 0) is 19.8 Å². The standard InChI is InChI=1S/C16H23N7O4/c1-5-21-9-11(13(20-21)15(24)17-7-10(3)4)19-16(25)14-12(23(26)27)8-18-22(14)6-2/h8-10H,5-7H2,1-4H3,(H,17,24)(H,19,25). The summed E-state index contributed by atoms with van der Waals surface area (Å²) in [5, 5.41) is 24.5. The first-order valence-electron chi connectivity index (χ1n) is 8.65. The molecule has 2 heterocycles. The highest BCUT2D eigenvalue weighted by atomic mass is 16.6. The Hall–Kier alpha value is -3.24. The van der Waals surface area contributed by atoms with Crippen molar-refractivity contribution in [3.05, 3.63) is 33.9 Å². The zero-order valence-corrected chi connectivity index (χ0v) is 15.7. The van der Waals surface area contributed by atoms with Crippen LogP contribution in [-0.4, -0.2) is 42.8 Å². The summed E-state index contributed by atoms with van der Waals surface area (Å²) in [7, 11) is 0. The van der Waals surface area contributed by atoms with Crippen LogP contribution in [0.25, 0.3) is 0 Å². The van der Waals surface area contributed by atoms with Crippen LogP contribution in [0.5, 0.6) is 0 Å². The zero-order chi connectivity index (χ0) is 20.1. The maximum atomic E-state index is 12.7. The lowest BCUT2D eigenvalue weighted by Gasteiger charge is -2.08. The summed E-state index contributed by atoms with van der Waals surface area (Å²) in [6.07, 6.45) is 2.55. The molecule has 0 aromatic carbocycles. The van der Waals surface area contributed by atoms with Gasteiger partial charge in [-0.1, -0.05) is 13.8 Å². The Balaban J connectivity index is 2.33. The number of amides is 2. The number of carbonyl (C=O) groups is 2. The van der Waals surface area contributed by atoms with Crippen molar-refractivity contribution in [3.8, 4) is 0 Å². The normalized spacial score (nSPS) is 10.9. The molecule has 2 amide bonds. The molecule has 27 heavy (non-hydrogen) atoms. The van der Waals surface area contributed by atoms with Gasteiger partial charge in [0.15, 0.2) is 5.69 Å². The number of nitro groups is 1. The largest absolute Gasteiger partial charge is 0.350 e. The molecular formula is C16H23N7O4. The molecule has 0 aliphatic heterocycles. The molecule has 2 rings (SSSR count). The molecule has 0 saturated heterocycles. The fourth-order valence-corrected chi connectivity index (χ4v) is 2.39. The van der Waals surface area contributed by atoms with E-state index < -0.39 is 22.4 Å². The summed E-state index contributed by atoms with van der Waals surface area (Å²) in [4.78, 5) is 35.6. The number of hydrogen-bond donors (Lipinski definition) is 2. The smallest absolute Gasteiger partial charge is 0.320 e. The van der Waals surface area contributed by atoms with E-state index in [-0.39, 0.29) is 29.5 Å². The minimum atomic E-state index is -0.727. The topological polar surface area (TPSA) is 137 Å². The number of anilines is 1. The summed E-state index contributed by atoms with van der Waals surface area (Å²) in [5.41, 5.74) is -0.347. The Labute approximate surface area is 155 Å². The molecular weight excluding hydrogens is 354 g/mol. The lowest BCUT2D eigenvalue weighted by molar-refractivity contribution is -0.385. The second-order valence-corrected chi connectivity index (χ2v) is 6.26. The highest BCUT2D eigenvalue weighted by Gasteiger charge is 2.28. The number of nitrogens with zero attached hydrogens (tertiary/aromatic N) is 5. The lowest BCUT2D eigenvalue weighted by atomic mass is 10.2. The van der Waals surface area contributed by atoms with Gasteiger partial charge in [-0.2, -0.15) is 10.2 Å². The first kappa shape index (κ1) is 20.1. The molecule has 2 aromatic heterocycles. The van der Waals surface area contributed by atoms with Crippen LogP contribution >= 0.6 is 0 Å². The van der Waals surface area contributed by atoms with E-state index in [1.807, 2.05) is 20.8 Å². The second-order valence-electron chi connectivity index (χ2n) is 6.26. The van der Waals surface area contributed by atoms with Gasteiger partial charge in [0.2, 0.25) is 5.69 Å². The number of aryl methyl sites for hydroxylation is 2. The zero-order valence-electron chi connectivity index (χ0n) is 15.7. The third kappa shape index (κ3) is 4.49. The van der Waals surface area contributed by atoms with Crippen molar-refractivity contribution in [1.29, 1.82) is 0 Å². The van der Waals surface area contributed by atoms with Crippen molar-refractivity contribution >= 4 is 23.2 Å². The van der Waals surface area contributed by atoms with Crippen molar-refractivity contribution in [3.63, 3.8) is 0 Å². The van der Waals surface area contributed by atoms with Gasteiger partial charge < -0.3 is 10.6 Å². The minimum Gasteiger partial charge on any atom is -0.350 e. The lowest BCUT2D eigenvalue weighted by Crippen LogP contribution is -2.29. The van der Waals surface area contributed by atoms with Crippen LogP contribution in [0.4, 0.5) is 11.4 Å². The van der Waals surface area contributed by atoms with Crippen molar-refractivity contribution < 1.29 is 14.5 Å². The maximum absolute atomic E-state index is 12.7. The molecule has 0 radical (unpaired) electrons. The molecule has 2 N–H and O–H groups in total. The number of aromatic nitrogens is 4. The monoisotopic (exact) mass is 377 g/mol. The summed E-state index contributed by atoms with van der Waals surface area (Å²) >= 11 is 0. The van der Waals surface area contributed by atoms with Gasteiger partial charge in [0.1, 0.15) is 6.20 Å². The van der Waals surface area contributed by atoms with Gasteiger partial charge in [0.05, 0.1) is 10.6 Å². The van der Waals surface area contributed by atoms with E-state index in [9.17, 15) is 19.7 Å². The molecule has 0 atom stereocenters. The van der Waals surface area contributed by atoms with Gasteiger partial charge in [0, 0.05) is 25.8 Å². The van der Waals surface area contributed by atoms with Gasteiger partial charge in [-0.25, -0.2) is 0 Å². The quantitative estimate of drug-likeness (QED) is 0.530.